The molecule has 42 heavy (non-hydrogen) atoms. The van der Waals surface area contributed by atoms with Crippen molar-refractivity contribution in [1.29, 1.82) is 0 Å². The lowest BCUT2D eigenvalue weighted by Gasteiger charge is -2.54. The Morgan fingerprint density at radius 1 is 0.905 bits per heavy atom. The van der Waals surface area contributed by atoms with Crippen LogP contribution in [-0.4, -0.2) is 74.8 Å². The molecule has 9 atom stereocenters. The van der Waals surface area contributed by atoms with Crippen LogP contribution in [-0.2, 0) is 33.4 Å². The Balaban J connectivity index is 0.000000168. The van der Waals surface area contributed by atoms with E-state index in [-0.39, 0.29) is 35.3 Å². The summed E-state index contributed by atoms with van der Waals surface area (Å²) in [6.07, 6.45) is 12.9. The monoisotopic (exact) mass is 624 g/mol. The van der Waals surface area contributed by atoms with Gasteiger partial charge in [-0.05, 0) is 65.2 Å². The smallest absolute Gasteiger partial charge is 0.344 e. The van der Waals surface area contributed by atoms with Gasteiger partial charge in [-0.3, -0.25) is 14.4 Å². The molecule has 4 heterocycles. The average Bonchev–Trinajstić information content (AvgIpc) is 3.27. The maximum Gasteiger partial charge on any atom is 0.344 e. The lowest BCUT2D eigenvalue weighted by Crippen LogP contribution is -2.80. The first-order valence-electron chi connectivity index (χ1n) is 14.7. The summed E-state index contributed by atoms with van der Waals surface area (Å²) in [7, 11) is 0. The standard InChI is InChI=1S/C15H20ClNO4.C15H18ClNO4/c2*1-14-10(7-8-16)12(19)17-15(14,13(20)21-14)11(18)9-5-3-2-4-6-9/h3,5,9-11,18H,2,4,6-8H2,1H3,(H,17,19);3,5,9-10H,2,4,6-8H2,1H3,(H,17,19)/t9-,10+,11+,14+,15+;9-,10+,14+,15+/m11/s1. The molecule has 0 aromatic rings. The molecule has 6 aliphatic rings. The van der Waals surface area contributed by atoms with Gasteiger partial charge < -0.3 is 25.2 Å². The van der Waals surface area contributed by atoms with Gasteiger partial charge in [-0.2, -0.15) is 0 Å². The summed E-state index contributed by atoms with van der Waals surface area (Å²) in [6.45, 7) is 3.38. The van der Waals surface area contributed by atoms with Crippen LogP contribution in [0.25, 0.3) is 0 Å². The van der Waals surface area contributed by atoms with E-state index in [2.05, 4.69) is 10.6 Å². The number of esters is 2. The first kappa shape index (κ1) is 31.0. The van der Waals surface area contributed by atoms with E-state index in [9.17, 15) is 29.1 Å². The molecular weight excluding hydrogens is 587 g/mol. The molecule has 6 rings (SSSR count). The van der Waals surface area contributed by atoms with Gasteiger partial charge in [0.25, 0.3) is 0 Å². The summed E-state index contributed by atoms with van der Waals surface area (Å²) in [5, 5.41) is 16.2. The normalized spacial score (nSPS) is 41.9. The Morgan fingerprint density at radius 2 is 1.48 bits per heavy atom. The van der Waals surface area contributed by atoms with Gasteiger partial charge in [-0.25, -0.2) is 9.59 Å². The largest absolute Gasteiger partial charge is 0.453 e. The Kier molecular flexibility index (Phi) is 8.30. The number of aliphatic hydroxyl groups is 1. The molecule has 0 unspecified atom stereocenters. The fourth-order valence-corrected chi connectivity index (χ4v) is 8.19. The number of ether oxygens (including phenoxy) is 2. The van der Waals surface area contributed by atoms with Gasteiger partial charge in [0.15, 0.2) is 17.0 Å². The van der Waals surface area contributed by atoms with E-state index in [1.165, 1.54) is 0 Å². The number of nitrogens with one attached hydrogen (secondary N) is 2. The van der Waals surface area contributed by atoms with Crippen LogP contribution in [0.4, 0.5) is 0 Å². The van der Waals surface area contributed by atoms with Crippen LogP contribution < -0.4 is 10.6 Å². The summed E-state index contributed by atoms with van der Waals surface area (Å²) in [6, 6.07) is 0. The molecule has 12 heteroatoms. The number of fused-ring (bicyclic) bond motifs is 2. The van der Waals surface area contributed by atoms with Crippen LogP contribution in [0, 0.1) is 23.7 Å². The van der Waals surface area contributed by atoms with E-state index >= 15 is 0 Å². The van der Waals surface area contributed by atoms with Crippen molar-refractivity contribution in [3.05, 3.63) is 24.3 Å². The molecule has 0 aromatic heterocycles. The maximum absolute atomic E-state index is 12.9. The number of alkyl halides is 2. The first-order chi connectivity index (χ1) is 19.9. The number of Topliss-reactive ketones (excluding diaryl/α,β-unsaturated/α-hetero) is 1. The van der Waals surface area contributed by atoms with Crippen molar-refractivity contribution in [2.24, 2.45) is 23.7 Å². The van der Waals surface area contributed by atoms with Gasteiger partial charge in [-0.1, -0.05) is 24.3 Å². The lowest BCUT2D eigenvalue weighted by atomic mass is 9.64. The van der Waals surface area contributed by atoms with Gasteiger partial charge in [-0.15, -0.1) is 23.2 Å². The maximum atomic E-state index is 12.9. The van der Waals surface area contributed by atoms with E-state index in [4.69, 9.17) is 32.7 Å². The Bertz CT molecular complexity index is 1240. The predicted molar refractivity (Wildman–Crippen MR) is 152 cm³/mol. The fourth-order valence-electron chi connectivity index (χ4n) is 7.75. The number of aliphatic hydroxyl groups excluding tert-OH is 1. The molecule has 2 amide bonds. The molecule has 4 saturated heterocycles. The van der Waals surface area contributed by atoms with Crippen LogP contribution in [0.1, 0.15) is 65.2 Å². The lowest BCUT2D eigenvalue weighted by molar-refractivity contribution is -0.238. The van der Waals surface area contributed by atoms with Crippen LogP contribution >= 0.6 is 23.2 Å². The molecule has 0 bridgehead atoms. The minimum Gasteiger partial charge on any atom is -0.453 e. The van der Waals surface area contributed by atoms with E-state index < -0.39 is 52.2 Å². The van der Waals surface area contributed by atoms with Crippen molar-refractivity contribution in [2.45, 2.75) is 93.6 Å². The molecule has 0 spiro atoms. The molecule has 0 radical (unpaired) electrons. The number of rotatable bonds is 8. The number of allylic oxidation sites excluding steroid dienone is 3. The SMILES string of the molecule is C[C@@]12OC(=O)[C@]1(C(=O)[C@@H]1C=CCCC1)NC(=O)[C@@H]2CCCl.C[C@@]12OC(=O)[C@]1([C@@H](O)[C@@H]1C=CCCC1)NC(=O)[C@@H]2CCCl. The van der Waals surface area contributed by atoms with Crippen LogP contribution in [0.3, 0.4) is 0 Å². The summed E-state index contributed by atoms with van der Waals surface area (Å²) in [5.41, 5.74) is -4.97. The topological polar surface area (TPSA) is 148 Å². The van der Waals surface area contributed by atoms with E-state index in [1.807, 2.05) is 24.3 Å². The first-order valence-corrected chi connectivity index (χ1v) is 15.8. The highest BCUT2D eigenvalue weighted by atomic mass is 35.5. The average molecular weight is 626 g/mol. The Hall–Kier alpha value is -2.43. The van der Waals surface area contributed by atoms with Crippen molar-refractivity contribution in [1.82, 2.24) is 10.6 Å². The summed E-state index contributed by atoms with van der Waals surface area (Å²) < 4.78 is 10.6. The number of carbonyl (C=O) groups excluding carboxylic acids is 5. The molecule has 0 aromatic carbocycles. The van der Waals surface area contributed by atoms with Gasteiger partial charge in [0.1, 0.15) is 0 Å². The molecule has 10 nitrogen and oxygen atoms in total. The van der Waals surface area contributed by atoms with E-state index in [1.54, 1.807) is 13.8 Å². The van der Waals surface area contributed by atoms with Crippen LogP contribution in [0.2, 0.25) is 0 Å². The van der Waals surface area contributed by atoms with E-state index in [0.29, 0.717) is 25.1 Å². The van der Waals surface area contributed by atoms with Crippen LogP contribution in [0.5, 0.6) is 0 Å². The minimum absolute atomic E-state index is 0.138. The second kappa shape index (κ2) is 11.2. The summed E-state index contributed by atoms with van der Waals surface area (Å²) in [4.78, 5) is 61.6. The van der Waals surface area contributed by atoms with E-state index in [0.717, 1.165) is 32.1 Å². The van der Waals surface area contributed by atoms with Gasteiger partial charge in [0, 0.05) is 23.6 Å². The molecule has 0 saturated carbocycles. The predicted octanol–water partition coefficient (Wildman–Crippen LogP) is 2.47. The number of halogens is 2. The third-order valence-corrected chi connectivity index (χ3v) is 10.7. The highest BCUT2D eigenvalue weighted by Gasteiger charge is 2.80. The van der Waals surface area contributed by atoms with Crippen molar-refractivity contribution in [2.75, 3.05) is 11.8 Å². The third-order valence-electron chi connectivity index (χ3n) is 10.3. The summed E-state index contributed by atoms with van der Waals surface area (Å²) in [5.74, 6) is -2.97. The Labute approximate surface area is 254 Å². The highest BCUT2D eigenvalue weighted by molar-refractivity contribution is 6.21. The fraction of sp³-hybridized carbons (Fsp3) is 0.700. The number of ketones is 1. The van der Waals surface area contributed by atoms with Crippen LogP contribution in [0.15, 0.2) is 24.3 Å². The molecule has 2 aliphatic carbocycles. The zero-order valence-electron chi connectivity index (χ0n) is 23.8. The number of carbonyl (C=O) groups is 5. The molecule has 4 aliphatic heterocycles. The van der Waals surface area contributed by atoms with Gasteiger partial charge >= 0.3 is 11.9 Å². The van der Waals surface area contributed by atoms with Gasteiger partial charge in [0.2, 0.25) is 22.9 Å². The van der Waals surface area contributed by atoms with Crippen molar-refractivity contribution < 1.29 is 38.6 Å². The summed E-state index contributed by atoms with van der Waals surface area (Å²) >= 11 is 11.5. The quantitative estimate of drug-likeness (QED) is 0.161. The van der Waals surface area contributed by atoms with Crippen molar-refractivity contribution in [3.63, 3.8) is 0 Å². The van der Waals surface area contributed by atoms with Gasteiger partial charge in [0.05, 0.1) is 17.9 Å². The Morgan fingerprint density at radius 3 is 2.00 bits per heavy atom. The number of hydrogen-bond donors (Lipinski definition) is 3. The van der Waals surface area contributed by atoms with Crippen molar-refractivity contribution in [3.8, 4) is 0 Å². The number of amides is 2. The molecule has 4 fully saturated rings. The zero-order chi connectivity index (χ0) is 30.5. The second-order valence-corrected chi connectivity index (χ2v) is 13.1. The molecule has 230 valence electrons. The van der Waals surface area contributed by atoms with Crippen molar-refractivity contribution >= 4 is 52.7 Å². The third kappa shape index (κ3) is 4.19. The second-order valence-electron chi connectivity index (χ2n) is 12.4. The molecule has 3 N–H and O–H groups in total. The zero-order valence-corrected chi connectivity index (χ0v) is 25.3. The minimum atomic E-state index is -1.52. The highest BCUT2D eigenvalue weighted by Crippen LogP contribution is 2.54. The molecular formula is C30H38Cl2N2O8. The number of hydrogen-bond acceptors (Lipinski definition) is 8.